The minimum absolute atomic E-state index is 0.245. The van der Waals surface area contributed by atoms with Crippen molar-refractivity contribution in [2.75, 3.05) is 0 Å². The second-order valence-electron chi connectivity index (χ2n) is 22.7. The number of pyridine rings is 4. The van der Waals surface area contributed by atoms with Crippen LogP contribution in [0.2, 0.25) is 0 Å². The van der Waals surface area contributed by atoms with Gasteiger partial charge in [-0.2, -0.15) is 13.2 Å². The first-order valence-electron chi connectivity index (χ1n) is 30.2. The standard InChI is InChI=1S/C82H50F3N7/c1-86-62-28-14-27-60(45-62)77-75(91-71-46-56(63-29-15-41-87-78(63)52-19-6-2-7-20-52)33-37-67(71)68-38-34-57(47-72(68)91)64-30-16-42-88-79(64)53-21-8-3-9-22-53)50-61(82(83,84)85)51-76(77)92-73-48-58(65-31-17-43-89-80(65)54-23-10-4-11-24-54)35-39-69(73)70-40-36-59(49-74(70)92)66-32-18-44-90-81(66)55-25-12-5-13-26-55/h2-51H. The molecule has 0 atom stereocenters. The van der Waals surface area contributed by atoms with Crippen molar-refractivity contribution in [3.63, 3.8) is 0 Å². The third kappa shape index (κ3) is 9.64. The number of halogens is 3. The van der Waals surface area contributed by atoms with Crippen LogP contribution < -0.4 is 0 Å². The largest absolute Gasteiger partial charge is 0.416 e. The van der Waals surface area contributed by atoms with Gasteiger partial charge in [-0.25, -0.2) is 4.85 Å². The Morgan fingerprint density at radius 3 is 0.891 bits per heavy atom. The molecule has 0 aliphatic carbocycles. The number of aromatic nitrogens is 6. The number of hydrogen-bond acceptors (Lipinski definition) is 4. The van der Waals surface area contributed by atoms with Crippen LogP contribution in [0.25, 0.3) is 160 Å². The number of benzene rings is 10. The summed E-state index contributed by atoms with van der Waals surface area (Å²) in [5.74, 6) is 0. The van der Waals surface area contributed by atoms with Gasteiger partial charge in [-0.05, 0) is 94.5 Å². The molecule has 0 fully saturated rings. The lowest BCUT2D eigenvalue weighted by Gasteiger charge is -2.23. The monoisotopic (exact) mass is 1190 g/mol. The van der Waals surface area contributed by atoms with E-state index in [1.54, 1.807) is 43.0 Å². The van der Waals surface area contributed by atoms with Crippen LogP contribution in [-0.2, 0) is 6.18 Å². The van der Waals surface area contributed by atoms with Crippen molar-refractivity contribution < 1.29 is 13.2 Å². The highest BCUT2D eigenvalue weighted by atomic mass is 19.4. The van der Waals surface area contributed by atoms with Gasteiger partial charge in [0.25, 0.3) is 0 Å². The van der Waals surface area contributed by atoms with Crippen LogP contribution in [-0.4, -0.2) is 29.1 Å². The fraction of sp³-hybridized carbons (Fsp3) is 0.0122. The molecule has 0 bridgehead atoms. The first kappa shape index (κ1) is 55.0. The summed E-state index contributed by atoms with van der Waals surface area (Å²) in [5.41, 5.74) is 16.9. The van der Waals surface area contributed by atoms with Gasteiger partial charge in [0.1, 0.15) is 0 Å². The Morgan fingerprint density at radius 1 is 0.293 bits per heavy atom. The van der Waals surface area contributed by atoms with E-state index in [0.717, 1.165) is 111 Å². The lowest BCUT2D eigenvalue weighted by molar-refractivity contribution is -0.137. The number of fused-ring (bicyclic) bond motifs is 6. The number of nitrogens with zero attached hydrogens (tertiary/aromatic N) is 7. The SMILES string of the molecule is [C-]#[N+]c1cccc(-c2c(-n3c4cc(-c5cccnc5-c5ccccc5)ccc4c4ccc(-c5cccnc5-c5ccccc5)cc43)cc(C(F)(F)F)cc2-n2c3cc(-c4cccnc4-c4ccccc4)ccc3c3ccc(-c4cccnc4-c4ccccc4)cc32)c1. The molecular formula is C82H50F3N7. The third-order valence-corrected chi connectivity index (χ3v) is 17.4. The normalized spacial score (nSPS) is 11.6. The lowest BCUT2D eigenvalue weighted by Crippen LogP contribution is -2.11. The van der Waals surface area contributed by atoms with E-state index in [0.29, 0.717) is 38.9 Å². The van der Waals surface area contributed by atoms with Crippen LogP contribution in [0.5, 0.6) is 0 Å². The Labute approximate surface area is 527 Å². The molecule has 0 aliphatic rings. The van der Waals surface area contributed by atoms with Gasteiger partial charge in [-0.1, -0.05) is 212 Å². The van der Waals surface area contributed by atoms with Gasteiger partial charge < -0.3 is 9.13 Å². The summed E-state index contributed by atoms with van der Waals surface area (Å²) in [5, 5.41) is 3.27. The Kier molecular flexibility index (Phi) is 13.6. The van der Waals surface area contributed by atoms with E-state index in [-0.39, 0.29) is 11.4 Å². The minimum atomic E-state index is -4.87. The van der Waals surface area contributed by atoms with E-state index < -0.39 is 11.7 Å². The predicted molar refractivity (Wildman–Crippen MR) is 366 cm³/mol. The summed E-state index contributed by atoms with van der Waals surface area (Å²) in [4.78, 5) is 23.6. The van der Waals surface area contributed by atoms with Crippen molar-refractivity contribution in [1.29, 1.82) is 0 Å². The quantitative estimate of drug-likeness (QED) is 0.121. The summed E-state index contributed by atoms with van der Waals surface area (Å²) in [7, 11) is 0. The summed E-state index contributed by atoms with van der Waals surface area (Å²) in [6, 6.07) is 90.3. The van der Waals surface area contributed by atoms with Crippen LogP contribution in [0.1, 0.15) is 5.56 Å². The van der Waals surface area contributed by atoms with Crippen LogP contribution in [0, 0.1) is 6.57 Å². The molecule has 0 saturated carbocycles. The number of alkyl halides is 3. The van der Waals surface area contributed by atoms with Crippen LogP contribution in [0.3, 0.4) is 0 Å². The molecule has 434 valence electrons. The van der Waals surface area contributed by atoms with Crippen LogP contribution >= 0.6 is 0 Å². The van der Waals surface area contributed by atoms with Crippen LogP contribution in [0.15, 0.2) is 304 Å². The molecule has 92 heavy (non-hydrogen) atoms. The van der Waals surface area contributed by atoms with Gasteiger partial charge in [-0.15, -0.1) is 0 Å². The molecule has 0 unspecified atom stereocenters. The molecule has 7 nitrogen and oxygen atoms in total. The van der Waals surface area contributed by atoms with Crippen molar-refractivity contribution in [2.45, 2.75) is 6.18 Å². The maximum Gasteiger partial charge on any atom is 0.416 e. The van der Waals surface area contributed by atoms with Crippen molar-refractivity contribution in [2.24, 2.45) is 0 Å². The fourth-order valence-corrected chi connectivity index (χ4v) is 13.2. The molecule has 16 rings (SSSR count). The van der Waals surface area contributed by atoms with E-state index in [4.69, 9.17) is 26.5 Å². The highest BCUT2D eigenvalue weighted by Crippen LogP contribution is 2.49. The minimum Gasteiger partial charge on any atom is -0.308 e. The number of hydrogen-bond donors (Lipinski definition) is 0. The van der Waals surface area contributed by atoms with E-state index in [1.165, 1.54) is 12.1 Å². The van der Waals surface area contributed by atoms with Crippen molar-refractivity contribution in [3.8, 4) is 112 Å². The summed E-state index contributed by atoms with van der Waals surface area (Å²) in [6.07, 6.45) is 2.23. The molecule has 6 aromatic heterocycles. The molecule has 0 N–H and O–H groups in total. The molecule has 10 aromatic carbocycles. The summed E-state index contributed by atoms with van der Waals surface area (Å²) < 4.78 is 54.5. The van der Waals surface area contributed by atoms with Gasteiger partial charge >= 0.3 is 6.18 Å². The average Bonchev–Trinajstić information content (AvgIpc) is 1.55. The van der Waals surface area contributed by atoms with Crippen LogP contribution in [0.4, 0.5) is 18.9 Å². The lowest BCUT2D eigenvalue weighted by atomic mass is 9.96. The van der Waals surface area contributed by atoms with Crippen molar-refractivity contribution >= 4 is 49.3 Å². The van der Waals surface area contributed by atoms with E-state index in [2.05, 4.69) is 77.6 Å². The zero-order valence-corrected chi connectivity index (χ0v) is 49.1. The Bertz CT molecular complexity index is 4990. The highest BCUT2D eigenvalue weighted by molar-refractivity contribution is 6.15. The van der Waals surface area contributed by atoms with Gasteiger partial charge in [0.15, 0.2) is 5.69 Å². The molecular weight excluding hydrogens is 1140 g/mol. The molecule has 0 amide bonds. The first-order valence-corrected chi connectivity index (χ1v) is 30.2. The Hall–Kier alpha value is -12.3. The van der Waals surface area contributed by atoms with Gasteiger partial charge in [0.05, 0.1) is 68.4 Å². The van der Waals surface area contributed by atoms with Crippen molar-refractivity contribution in [3.05, 3.63) is 321 Å². The smallest absolute Gasteiger partial charge is 0.308 e. The fourth-order valence-electron chi connectivity index (χ4n) is 13.2. The number of rotatable bonds is 11. The van der Waals surface area contributed by atoms with Crippen molar-refractivity contribution in [1.82, 2.24) is 29.1 Å². The summed E-state index contributed by atoms with van der Waals surface area (Å²) in [6.45, 7) is 8.42. The highest BCUT2D eigenvalue weighted by Gasteiger charge is 2.35. The first-order chi connectivity index (χ1) is 45.2. The third-order valence-electron chi connectivity index (χ3n) is 17.4. The van der Waals surface area contributed by atoms with Gasteiger partial charge in [0.2, 0.25) is 0 Å². The molecule has 10 heteroatoms. The van der Waals surface area contributed by atoms with Gasteiger partial charge in [0, 0.05) is 96.4 Å². The van der Waals surface area contributed by atoms with E-state index in [1.807, 2.05) is 185 Å². The van der Waals surface area contributed by atoms with Gasteiger partial charge in [-0.3, -0.25) is 19.9 Å². The molecule has 6 heterocycles. The molecule has 0 saturated heterocycles. The Balaban J connectivity index is 1.06. The molecule has 0 radical (unpaired) electrons. The summed E-state index contributed by atoms with van der Waals surface area (Å²) >= 11 is 0. The molecule has 0 aliphatic heterocycles. The van der Waals surface area contributed by atoms with E-state index >= 15 is 13.2 Å². The Morgan fingerprint density at radius 2 is 0.598 bits per heavy atom. The molecule has 16 aromatic rings. The predicted octanol–water partition coefficient (Wildman–Crippen LogP) is 22.0. The second-order valence-corrected chi connectivity index (χ2v) is 22.7. The maximum absolute atomic E-state index is 16.8. The zero-order chi connectivity index (χ0) is 61.9. The average molecular weight is 1190 g/mol. The second kappa shape index (κ2) is 22.7. The maximum atomic E-state index is 16.8. The van der Waals surface area contributed by atoms with E-state index in [9.17, 15) is 0 Å². The zero-order valence-electron chi connectivity index (χ0n) is 49.1. The topological polar surface area (TPSA) is 65.8 Å². The molecule has 0 spiro atoms.